The summed E-state index contributed by atoms with van der Waals surface area (Å²) in [4.78, 5) is 9.49. The molecule has 4 aromatic carbocycles. The highest BCUT2D eigenvalue weighted by atomic mass is 14.9. The molecule has 160 valence electrons. The number of fused-ring (bicyclic) bond motifs is 7. The molecule has 0 saturated heterocycles. The molecular formula is C30H25N3. The van der Waals surface area contributed by atoms with Crippen LogP contribution in [0.5, 0.6) is 0 Å². The van der Waals surface area contributed by atoms with Crippen LogP contribution in [0.2, 0.25) is 0 Å². The molecule has 0 spiro atoms. The van der Waals surface area contributed by atoms with E-state index in [1.54, 1.807) is 6.33 Å². The lowest BCUT2D eigenvalue weighted by molar-refractivity contribution is 0.411. The summed E-state index contributed by atoms with van der Waals surface area (Å²) in [6.07, 6.45) is 2.77. The summed E-state index contributed by atoms with van der Waals surface area (Å²) >= 11 is 0. The third kappa shape index (κ3) is 2.51. The highest BCUT2D eigenvalue weighted by Gasteiger charge is 2.21. The van der Waals surface area contributed by atoms with Crippen LogP contribution in [0.25, 0.3) is 59.9 Å². The highest BCUT2D eigenvalue weighted by molar-refractivity contribution is 6.28. The first-order valence-corrected chi connectivity index (χ1v) is 11.6. The number of benzene rings is 4. The fourth-order valence-corrected chi connectivity index (χ4v) is 5.84. The summed E-state index contributed by atoms with van der Waals surface area (Å²) < 4.78 is 2.44. The number of rotatable bonds is 1. The standard InChI is InChI=1S/C30H25N3/c1-17-22-13-18(15-30(2,3)4)9-10-19(22)14-25-26(17)28-27-23(31-16-32-28)12-11-21-20-7-5-6-8-24(20)33(25)29(21)27/h5-14,16H,15H2,1-4H3. The largest absolute Gasteiger partial charge is 0.308 e. The van der Waals surface area contributed by atoms with E-state index in [-0.39, 0.29) is 5.41 Å². The van der Waals surface area contributed by atoms with Crippen molar-refractivity contribution in [1.29, 1.82) is 0 Å². The summed E-state index contributed by atoms with van der Waals surface area (Å²) in [7, 11) is 0. The Bertz CT molecular complexity index is 1880. The zero-order valence-corrected chi connectivity index (χ0v) is 19.4. The number of nitrogens with zero attached hydrogens (tertiary/aromatic N) is 3. The molecule has 0 aliphatic heterocycles. The van der Waals surface area contributed by atoms with Crippen molar-refractivity contribution in [3.8, 4) is 0 Å². The van der Waals surface area contributed by atoms with Gasteiger partial charge < -0.3 is 4.40 Å². The van der Waals surface area contributed by atoms with Crippen LogP contribution < -0.4 is 0 Å². The highest BCUT2D eigenvalue weighted by Crippen LogP contribution is 2.42. The molecule has 0 unspecified atom stereocenters. The molecule has 0 amide bonds. The van der Waals surface area contributed by atoms with Crippen LogP contribution in [-0.4, -0.2) is 14.4 Å². The SMILES string of the molecule is Cc1c2cc(CC(C)(C)C)ccc2cc2c1c1ncnc3ccc4c5ccccc5n2c4c31. The van der Waals surface area contributed by atoms with Gasteiger partial charge in [-0.1, -0.05) is 57.2 Å². The Hall–Kier alpha value is -3.72. The van der Waals surface area contributed by atoms with Gasteiger partial charge in [0.15, 0.2) is 0 Å². The minimum absolute atomic E-state index is 0.253. The van der Waals surface area contributed by atoms with Gasteiger partial charge in [-0.3, -0.25) is 0 Å². The molecule has 0 aliphatic carbocycles. The maximum Gasteiger partial charge on any atom is 0.116 e. The minimum atomic E-state index is 0.253. The van der Waals surface area contributed by atoms with Crippen LogP contribution >= 0.6 is 0 Å². The molecule has 0 fully saturated rings. The lowest BCUT2D eigenvalue weighted by Gasteiger charge is -2.19. The average molecular weight is 428 g/mol. The lowest BCUT2D eigenvalue weighted by Crippen LogP contribution is -2.09. The van der Waals surface area contributed by atoms with Gasteiger partial charge in [-0.15, -0.1) is 0 Å². The van der Waals surface area contributed by atoms with Crippen LogP contribution in [0.1, 0.15) is 31.9 Å². The third-order valence-electron chi connectivity index (χ3n) is 7.09. The molecule has 3 heterocycles. The number of hydrogen-bond acceptors (Lipinski definition) is 2. The molecule has 3 heteroatoms. The van der Waals surface area contributed by atoms with Crippen molar-refractivity contribution in [3.05, 3.63) is 78.1 Å². The molecule has 0 atom stereocenters. The topological polar surface area (TPSA) is 30.2 Å². The molecule has 7 rings (SSSR count). The maximum absolute atomic E-state index is 4.86. The van der Waals surface area contributed by atoms with E-state index >= 15 is 0 Å². The van der Waals surface area contributed by atoms with Gasteiger partial charge in [-0.05, 0) is 64.9 Å². The molecule has 33 heavy (non-hydrogen) atoms. The monoisotopic (exact) mass is 427 g/mol. The van der Waals surface area contributed by atoms with E-state index in [4.69, 9.17) is 4.98 Å². The number of hydrogen-bond donors (Lipinski definition) is 0. The quantitative estimate of drug-likeness (QED) is 0.197. The second kappa shape index (κ2) is 6.20. The van der Waals surface area contributed by atoms with Gasteiger partial charge in [0.2, 0.25) is 0 Å². The van der Waals surface area contributed by atoms with E-state index in [0.29, 0.717) is 0 Å². The Kier molecular flexibility index (Phi) is 3.53. The second-order valence-electron chi connectivity index (χ2n) is 10.6. The molecule has 7 aromatic rings. The number of aromatic nitrogens is 3. The molecule has 3 nitrogen and oxygen atoms in total. The molecule has 0 radical (unpaired) electrons. The number of para-hydroxylation sites is 1. The van der Waals surface area contributed by atoms with E-state index in [1.165, 1.54) is 54.6 Å². The molecule has 0 saturated carbocycles. The zero-order valence-electron chi connectivity index (χ0n) is 19.4. The number of pyridine rings is 1. The van der Waals surface area contributed by atoms with Crippen LogP contribution in [0.15, 0.2) is 67.0 Å². The van der Waals surface area contributed by atoms with Crippen LogP contribution in [0.4, 0.5) is 0 Å². The Labute approximate surface area is 192 Å². The van der Waals surface area contributed by atoms with Gasteiger partial charge in [-0.2, -0.15) is 0 Å². The molecule has 0 bridgehead atoms. The zero-order chi connectivity index (χ0) is 22.5. The van der Waals surface area contributed by atoms with Gasteiger partial charge in [0.05, 0.1) is 33.0 Å². The van der Waals surface area contributed by atoms with Gasteiger partial charge in [-0.25, -0.2) is 9.97 Å². The first-order valence-electron chi connectivity index (χ1n) is 11.6. The third-order valence-corrected chi connectivity index (χ3v) is 7.09. The van der Waals surface area contributed by atoms with Crippen LogP contribution in [0.3, 0.4) is 0 Å². The van der Waals surface area contributed by atoms with Crippen molar-refractivity contribution in [3.63, 3.8) is 0 Å². The Morgan fingerprint density at radius 1 is 0.788 bits per heavy atom. The average Bonchev–Trinajstić information content (AvgIpc) is 3.13. The Morgan fingerprint density at radius 2 is 1.64 bits per heavy atom. The van der Waals surface area contributed by atoms with Crippen LogP contribution in [-0.2, 0) is 6.42 Å². The summed E-state index contributed by atoms with van der Waals surface area (Å²) in [6, 6.07) is 22.4. The Morgan fingerprint density at radius 3 is 2.48 bits per heavy atom. The van der Waals surface area contributed by atoms with E-state index in [0.717, 1.165) is 22.8 Å². The van der Waals surface area contributed by atoms with Crippen LogP contribution in [0, 0.1) is 12.3 Å². The van der Waals surface area contributed by atoms with E-state index < -0.39 is 0 Å². The fourth-order valence-electron chi connectivity index (χ4n) is 5.84. The number of aryl methyl sites for hydroxylation is 1. The Balaban J connectivity index is 1.75. The van der Waals surface area contributed by atoms with E-state index in [9.17, 15) is 0 Å². The van der Waals surface area contributed by atoms with Gasteiger partial charge in [0.1, 0.15) is 6.33 Å². The van der Waals surface area contributed by atoms with Crippen molar-refractivity contribution in [2.45, 2.75) is 34.1 Å². The van der Waals surface area contributed by atoms with E-state index in [2.05, 4.69) is 97.7 Å². The van der Waals surface area contributed by atoms with Crippen molar-refractivity contribution in [1.82, 2.24) is 14.4 Å². The summed E-state index contributed by atoms with van der Waals surface area (Å²) in [5.74, 6) is 0. The predicted molar refractivity (Wildman–Crippen MR) is 140 cm³/mol. The summed E-state index contributed by atoms with van der Waals surface area (Å²) in [5.41, 5.74) is 8.66. The molecule has 0 aliphatic rings. The second-order valence-corrected chi connectivity index (χ2v) is 10.6. The minimum Gasteiger partial charge on any atom is -0.308 e. The van der Waals surface area contributed by atoms with Crippen molar-refractivity contribution in [2.75, 3.05) is 0 Å². The lowest BCUT2D eigenvalue weighted by atomic mass is 9.86. The van der Waals surface area contributed by atoms with Crippen molar-refractivity contribution >= 4 is 59.9 Å². The van der Waals surface area contributed by atoms with Gasteiger partial charge in [0.25, 0.3) is 0 Å². The van der Waals surface area contributed by atoms with Crippen molar-refractivity contribution in [2.24, 2.45) is 5.41 Å². The van der Waals surface area contributed by atoms with E-state index in [1.807, 2.05) is 0 Å². The van der Waals surface area contributed by atoms with Crippen molar-refractivity contribution < 1.29 is 0 Å². The smallest absolute Gasteiger partial charge is 0.116 e. The molecule has 3 aromatic heterocycles. The fraction of sp³-hybridized carbons (Fsp3) is 0.200. The first-order chi connectivity index (χ1) is 15.9. The summed E-state index contributed by atoms with van der Waals surface area (Å²) in [6.45, 7) is 9.16. The predicted octanol–water partition coefficient (Wildman–Crippen LogP) is 7.83. The maximum atomic E-state index is 4.86. The molecular weight excluding hydrogens is 402 g/mol. The summed E-state index contributed by atoms with van der Waals surface area (Å²) in [5, 5.41) is 7.51. The first kappa shape index (κ1) is 18.8. The van der Waals surface area contributed by atoms with Gasteiger partial charge >= 0.3 is 0 Å². The molecule has 0 N–H and O–H groups in total. The van der Waals surface area contributed by atoms with Gasteiger partial charge in [0, 0.05) is 16.2 Å². The normalized spacial score (nSPS) is 13.0.